The molecular weight excluding hydrogens is 374 g/mol. The Kier molecular flexibility index (Phi) is 6.29. The summed E-state index contributed by atoms with van der Waals surface area (Å²) >= 11 is 0. The first-order valence-electron chi connectivity index (χ1n) is 9.25. The number of ether oxygens (including phenoxy) is 2. The molecule has 29 heavy (non-hydrogen) atoms. The predicted molar refractivity (Wildman–Crippen MR) is 103 cm³/mol. The van der Waals surface area contributed by atoms with Crippen LogP contribution in [0.1, 0.15) is 35.9 Å². The average molecular weight is 395 g/mol. The normalized spacial score (nSPS) is 14.1. The third kappa shape index (κ3) is 4.29. The zero-order valence-electron chi connectivity index (χ0n) is 16.2. The molecule has 0 N–H and O–H groups in total. The van der Waals surface area contributed by atoms with Gasteiger partial charge in [-0.1, -0.05) is 30.3 Å². The molecule has 1 aromatic carbocycles. The lowest BCUT2D eigenvalue weighted by molar-refractivity contribution is -0.139. The van der Waals surface area contributed by atoms with Crippen molar-refractivity contribution in [3.05, 3.63) is 83.6 Å². The monoisotopic (exact) mass is 395 g/mol. The minimum atomic E-state index is -0.727. The van der Waals surface area contributed by atoms with Crippen LogP contribution in [0.25, 0.3) is 0 Å². The number of carbonyl (C=O) groups is 3. The van der Waals surface area contributed by atoms with Crippen molar-refractivity contribution in [1.29, 1.82) is 0 Å². The maximum Gasteiger partial charge on any atom is 0.336 e. The summed E-state index contributed by atoms with van der Waals surface area (Å²) in [6, 6.07) is 12.1. The van der Waals surface area contributed by atoms with Crippen LogP contribution in [0.5, 0.6) is 0 Å². The van der Waals surface area contributed by atoms with Gasteiger partial charge in [0, 0.05) is 12.4 Å². The van der Waals surface area contributed by atoms with E-state index >= 15 is 0 Å². The van der Waals surface area contributed by atoms with Gasteiger partial charge in [-0.15, -0.1) is 0 Å². The van der Waals surface area contributed by atoms with Gasteiger partial charge in [0.15, 0.2) is 5.76 Å². The van der Waals surface area contributed by atoms with E-state index in [1.54, 1.807) is 44.2 Å². The Morgan fingerprint density at radius 1 is 0.897 bits per heavy atom. The fraction of sp³-hybridized carbons (Fsp3) is 0.227. The van der Waals surface area contributed by atoms with Crippen molar-refractivity contribution in [2.45, 2.75) is 19.8 Å². The molecule has 3 rings (SSSR count). The molecule has 0 unspecified atom stereocenters. The van der Waals surface area contributed by atoms with E-state index in [2.05, 4.69) is 0 Å². The largest absolute Gasteiger partial charge is 0.463 e. The van der Waals surface area contributed by atoms with E-state index in [9.17, 15) is 14.4 Å². The standard InChI is InChI=1S/C22H21NO6/c1-3-27-21(25)16-13-23(20(24)18-11-8-12-29-18)14-17(22(26)28-4-2)19(16)15-9-6-5-7-10-15/h5-14,19H,3-4H2,1-2H3. The lowest BCUT2D eigenvalue weighted by Gasteiger charge is -2.29. The Morgan fingerprint density at radius 2 is 1.48 bits per heavy atom. The number of amides is 1. The van der Waals surface area contributed by atoms with E-state index in [4.69, 9.17) is 13.9 Å². The van der Waals surface area contributed by atoms with Crippen LogP contribution < -0.4 is 0 Å². The second-order valence-electron chi connectivity index (χ2n) is 6.14. The molecule has 0 atom stereocenters. The van der Waals surface area contributed by atoms with Crippen LogP contribution in [-0.2, 0) is 19.1 Å². The van der Waals surface area contributed by atoms with Crippen molar-refractivity contribution >= 4 is 17.8 Å². The molecule has 1 aliphatic rings. The third-order valence-corrected chi connectivity index (χ3v) is 4.30. The molecule has 1 amide bonds. The highest BCUT2D eigenvalue weighted by Crippen LogP contribution is 2.37. The van der Waals surface area contributed by atoms with Gasteiger partial charge in [0.05, 0.1) is 36.5 Å². The van der Waals surface area contributed by atoms with Gasteiger partial charge >= 0.3 is 11.9 Å². The summed E-state index contributed by atoms with van der Waals surface area (Å²) in [5, 5.41) is 0. The number of nitrogens with zero attached hydrogens (tertiary/aromatic N) is 1. The van der Waals surface area contributed by atoms with Crippen molar-refractivity contribution < 1.29 is 28.3 Å². The van der Waals surface area contributed by atoms with Gasteiger partial charge in [0.2, 0.25) is 0 Å². The van der Waals surface area contributed by atoms with E-state index < -0.39 is 23.8 Å². The summed E-state index contributed by atoms with van der Waals surface area (Å²) in [5.74, 6) is -2.41. The van der Waals surface area contributed by atoms with Crippen molar-refractivity contribution in [2.75, 3.05) is 13.2 Å². The Bertz CT molecular complexity index is 907. The SMILES string of the molecule is CCOC(=O)C1=CN(C(=O)c2ccco2)C=C(C(=O)OCC)C1c1ccccc1. The zero-order valence-corrected chi connectivity index (χ0v) is 16.2. The molecule has 0 bridgehead atoms. The van der Waals surface area contributed by atoms with Gasteiger partial charge in [-0.05, 0) is 31.5 Å². The maximum absolute atomic E-state index is 12.8. The zero-order chi connectivity index (χ0) is 20.8. The van der Waals surface area contributed by atoms with Gasteiger partial charge in [-0.25, -0.2) is 9.59 Å². The van der Waals surface area contributed by atoms with Gasteiger partial charge in [0.1, 0.15) is 0 Å². The molecule has 7 nitrogen and oxygen atoms in total. The van der Waals surface area contributed by atoms with E-state index in [-0.39, 0.29) is 30.1 Å². The molecule has 0 spiro atoms. The Labute approximate surface area is 168 Å². The summed E-state index contributed by atoms with van der Waals surface area (Å²) in [6.07, 6.45) is 4.13. The van der Waals surface area contributed by atoms with Crippen LogP contribution in [0.3, 0.4) is 0 Å². The number of rotatable bonds is 6. The molecule has 0 aliphatic carbocycles. The van der Waals surface area contributed by atoms with Crippen molar-refractivity contribution in [1.82, 2.24) is 4.90 Å². The van der Waals surface area contributed by atoms with E-state index in [0.29, 0.717) is 5.56 Å². The fourth-order valence-corrected chi connectivity index (χ4v) is 3.07. The second-order valence-corrected chi connectivity index (χ2v) is 6.14. The first kappa shape index (κ1) is 20.1. The minimum Gasteiger partial charge on any atom is -0.463 e. The number of furan rings is 1. The summed E-state index contributed by atoms with van der Waals surface area (Å²) in [6.45, 7) is 3.68. The summed E-state index contributed by atoms with van der Waals surface area (Å²) < 4.78 is 15.5. The molecule has 7 heteroatoms. The first-order chi connectivity index (χ1) is 14.1. The molecule has 0 radical (unpaired) electrons. The summed E-state index contributed by atoms with van der Waals surface area (Å²) in [7, 11) is 0. The van der Waals surface area contributed by atoms with Gasteiger partial charge in [-0.2, -0.15) is 0 Å². The Hall–Kier alpha value is -3.61. The van der Waals surface area contributed by atoms with Gasteiger partial charge in [-0.3, -0.25) is 9.69 Å². The molecule has 1 aliphatic heterocycles. The number of esters is 2. The fourth-order valence-electron chi connectivity index (χ4n) is 3.07. The smallest absolute Gasteiger partial charge is 0.336 e. The predicted octanol–water partition coefficient (Wildman–Crippen LogP) is 3.41. The van der Waals surface area contributed by atoms with E-state index in [1.165, 1.54) is 24.7 Å². The van der Waals surface area contributed by atoms with Crippen molar-refractivity contribution in [2.24, 2.45) is 0 Å². The quantitative estimate of drug-likeness (QED) is 0.697. The van der Waals surface area contributed by atoms with Crippen LogP contribution in [0, 0.1) is 0 Å². The van der Waals surface area contributed by atoms with Gasteiger partial charge in [0.25, 0.3) is 5.91 Å². The molecular formula is C22H21NO6. The molecule has 0 fully saturated rings. The minimum absolute atomic E-state index is 0.0714. The average Bonchev–Trinajstić information content (AvgIpc) is 3.28. The number of carbonyl (C=O) groups excluding carboxylic acids is 3. The van der Waals surface area contributed by atoms with E-state index in [0.717, 1.165) is 4.90 Å². The number of hydrogen-bond acceptors (Lipinski definition) is 6. The van der Waals surface area contributed by atoms with E-state index in [1.807, 2.05) is 6.07 Å². The van der Waals surface area contributed by atoms with Crippen molar-refractivity contribution in [3.63, 3.8) is 0 Å². The third-order valence-electron chi connectivity index (χ3n) is 4.30. The highest BCUT2D eigenvalue weighted by atomic mass is 16.5. The van der Waals surface area contributed by atoms with Crippen LogP contribution in [0.15, 0.2) is 76.7 Å². The maximum atomic E-state index is 12.8. The van der Waals surface area contributed by atoms with Crippen LogP contribution >= 0.6 is 0 Å². The highest BCUT2D eigenvalue weighted by Gasteiger charge is 2.37. The lowest BCUT2D eigenvalue weighted by Crippen LogP contribution is -2.32. The molecule has 1 aromatic heterocycles. The molecule has 0 saturated carbocycles. The molecule has 0 saturated heterocycles. The Balaban J connectivity index is 2.12. The molecule has 2 heterocycles. The summed E-state index contributed by atoms with van der Waals surface area (Å²) in [4.78, 5) is 39.4. The first-order valence-corrected chi connectivity index (χ1v) is 9.25. The molecule has 150 valence electrons. The Morgan fingerprint density at radius 3 is 1.97 bits per heavy atom. The lowest BCUT2D eigenvalue weighted by atomic mass is 9.83. The highest BCUT2D eigenvalue weighted by molar-refractivity contribution is 6.01. The van der Waals surface area contributed by atoms with Crippen LogP contribution in [-0.4, -0.2) is 36.0 Å². The van der Waals surface area contributed by atoms with Gasteiger partial charge < -0.3 is 13.9 Å². The second kappa shape index (κ2) is 9.05. The summed E-state index contributed by atoms with van der Waals surface area (Å²) in [5.41, 5.74) is 1.02. The topological polar surface area (TPSA) is 86.0 Å². The van der Waals surface area contributed by atoms with Crippen LogP contribution in [0.4, 0.5) is 0 Å². The molecule has 2 aromatic rings. The van der Waals surface area contributed by atoms with Crippen LogP contribution in [0.2, 0.25) is 0 Å². The number of benzene rings is 1. The van der Waals surface area contributed by atoms with Crippen molar-refractivity contribution in [3.8, 4) is 0 Å². The number of hydrogen-bond donors (Lipinski definition) is 0.